The molecule has 4 heterocycles. The first-order valence-corrected chi connectivity index (χ1v) is 18.4. The number of nitrogens with zero attached hydrogens (tertiary/aromatic N) is 3. The third-order valence-electron chi connectivity index (χ3n) is 12.9. The van der Waals surface area contributed by atoms with Gasteiger partial charge in [-0.3, -0.25) is 4.57 Å². The van der Waals surface area contributed by atoms with Crippen LogP contribution in [0.2, 0.25) is 0 Å². The van der Waals surface area contributed by atoms with E-state index in [0.29, 0.717) is 17.7 Å². The third kappa shape index (κ3) is 4.02. The zero-order chi connectivity index (χ0) is 34.5. The third-order valence-corrected chi connectivity index (χ3v) is 12.9. The van der Waals surface area contributed by atoms with E-state index in [1.807, 2.05) is 0 Å². The van der Waals surface area contributed by atoms with Crippen LogP contribution in [0.3, 0.4) is 0 Å². The van der Waals surface area contributed by atoms with Crippen LogP contribution < -0.4 is 25.9 Å². The fraction of sp³-hybridized carbons (Fsp3) is 0.364. The quantitative estimate of drug-likeness (QED) is 0.165. The predicted molar refractivity (Wildman–Crippen MR) is 205 cm³/mol. The van der Waals surface area contributed by atoms with E-state index in [9.17, 15) is 0 Å². The average molecular weight is 658 g/mol. The zero-order valence-electron chi connectivity index (χ0n) is 30.5. The van der Waals surface area contributed by atoms with E-state index in [1.54, 1.807) is 0 Å². The maximum Gasteiger partial charge on any atom is 0.265 e. The smallest absolute Gasteiger partial charge is 0.265 e. The summed E-state index contributed by atoms with van der Waals surface area (Å²) in [6.45, 7) is 19.0. The van der Waals surface area contributed by atoms with Gasteiger partial charge in [0.05, 0.1) is 16.5 Å². The van der Waals surface area contributed by atoms with Gasteiger partial charge in [0.25, 0.3) is 6.71 Å². The van der Waals surface area contributed by atoms with E-state index >= 15 is 0 Å². The number of benzene rings is 4. The van der Waals surface area contributed by atoms with Gasteiger partial charge in [-0.15, -0.1) is 0 Å². The number of aromatic nitrogens is 3. The lowest BCUT2D eigenvalue weighted by molar-refractivity contribution is 0.329. The van der Waals surface area contributed by atoms with Crippen LogP contribution in [0.4, 0.5) is 0 Å². The highest BCUT2D eigenvalue weighted by atomic mass is 16.5. The van der Waals surface area contributed by atoms with Gasteiger partial charge in [0.15, 0.2) is 0 Å². The molecule has 2 aliphatic heterocycles. The van der Waals surface area contributed by atoms with Crippen LogP contribution >= 0.6 is 0 Å². The SMILES string of the molecule is CC1(C)CCC(C)(C)c2cc3c(cc21)Oc1nc(-n2c4ccccc4c4ccccc42)nc2c1B3c1cc3c(cc1O2)C(C)(C)CCC3(C)C. The fourth-order valence-corrected chi connectivity index (χ4v) is 9.60. The second kappa shape index (κ2) is 9.60. The molecule has 5 nitrogen and oxygen atoms in total. The highest BCUT2D eigenvalue weighted by Gasteiger charge is 2.47. The molecule has 0 bridgehead atoms. The van der Waals surface area contributed by atoms with Gasteiger partial charge in [0.2, 0.25) is 17.7 Å². The first-order chi connectivity index (χ1) is 23.7. The van der Waals surface area contributed by atoms with Crippen molar-refractivity contribution in [1.29, 1.82) is 0 Å². The summed E-state index contributed by atoms with van der Waals surface area (Å²) in [4.78, 5) is 10.6. The standard InChI is InChI=1S/C44H44BN3O2/c1-41(2)17-19-43(5,6)29-23-35-31(21-27(29)41)45-32-22-28-30(44(7,8)20-18-42(28,3)4)24-36(32)50-39-37(45)38(49-35)46-40(47-39)48-33-15-11-9-13-25(33)26-14-10-12-16-34(26)48/h9-16,21-24H,17-20H2,1-8H3. The van der Waals surface area contributed by atoms with Crippen LogP contribution in [-0.4, -0.2) is 21.2 Å². The van der Waals surface area contributed by atoms with E-state index in [1.165, 1.54) is 44.0 Å². The molecule has 10 rings (SSSR count). The summed E-state index contributed by atoms with van der Waals surface area (Å²) in [5, 5.41) is 2.34. The lowest BCUT2D eigenvalue weighted by Crippen LogP contribution is -2.59. The van der Waals surface area contributed by atoms with Gasteiger partial charge in [-0.05, 0) is 105 Å². The molecule has 4 aromatic carbocycles. The summed E-state index contributed by atoms with van der Waals surface area (Å²) in [7, 11) is 0. The molecule has 2 aromatic heterocycles. The van der Waals surface area contributed by atoms with Gasteiger partial charge in [-0.1, -0.05) is 104 Å². The van der Waals surface area contributed by atoms with Crippen molar-refractivity contribution < 1.29 is 9.47 Å². The first kappa shape index (κ1) is 30.3. The minimum Gasteiger partial charge on any atom is -0.440 e. The van der Waals surface area contributed by atoms with Crippen molar-refractivity contribution in [2.24, 2.45) is 0 Å². The van der Waals surface area contributed by atoms with Gasteiger partial charge in [-0.25, -0.2) is 0 Å². The average Bonchev–Trinajstić information content (AvgIpc) is 3.42. The minimum absolute atomic E-state index is 0.0523. The molecule has 0 saturated heterocycles. The molecule has 0 amide bonds. The molecule has 6 heteroatoms. The number of hydrogen-bond acceptors (Lipinski definition) is 4. The molecule has 0 radical (unpaired) electrons. The van der Waals surface area contributed by atoms with Crippen molar-refractivity contribution >= 4 is 44.9 Å². The molecule has 0 saturated carbocycles. The number of ether oxygens (including phenoxy) is 2. The van der Waals surface area contributed by atoms with Crippen molar-refractivity contribution in [3.63, 3.8) is 0 Å². The Hall–Kier alpha value is -4.58. The van der Waals surface area contributed by atoms with E-state index < -0.39 is 0 Å². The lowest BCUT2D eigenvalue weighted by atomic mass is 9.34. The molecule has 0 atom stereocenters. The number of rotatable bonds is 1. The normalized spacial score (nSPS) is 19.8. The number of hydrogen-bond donors (Lipinski definition) is 0. The Labute approximate surface area is 295 Å². The van der Waals surface area contributed by atoms with Crippen LogP contribution in [0.25, 0.3) is 27.8 Å². The summed E-state index contributed by atoms with van der Waals surface area (Å²) >= 11 is 0. The Balaban J connectivity index is 1.27. The fourth-order valence-electron chi connectivity index (χ4n) is 9.60. The summed E-state index contributed by atoms with van der Waals surface area (Å²) in [6, 6.07) is 26.6. The number of para-hydroxylation sites is 2. The molecule has 0 unspecified atom stereocenters. The summed E-state index contributed by atoms with van der Waals surface area (Å²) in [5.74, 6) is 3.52. The molecule has 0 spiro atoms. The van der Waals surface area contributed by atoms with Crippen molar-refractivity contribution in [3.8, 4) is 29.2 Å². The van der Waals surface area contributed by atoms with Gasteiger partial charge in [-0.2, -0.15) is 9.97 Å². The highest BCUT2D eigenvalue weighted by Crippen LogP contribution is 2.50. The molecule has 6 aromatic rings. The Kier molecular flexibility index (Phi) is 5.81. The van der Waals surface area contributed by atoms with E-state index in [0.717, 1.165) is 53.7 Å². The number of fused-ring (bicyclic) bond motifs is 9. The summed E-state index contributed by atoms with van der Waals surface area (Å²) in [5.41, 5.74) is 11.3. The molecule has 50 heavy (non-hydrogen) atoms. The molecule has 4 aliphatic rings. The molecular weight excluding hydrogens is 613 g/mol. The molecule has 0 N–H and O–H groups in total. The Morgan fingerprint density at radius 2 is 0.920 bits per heavy atom. The van der Waals surface area contributed by atoms with Crippen LogP contribution in [0, 0.1) is 0 Å². The molecule has 2 aliphatic carbocycles. The van der Waals surface area contributed by atoms with Crippen LogP contribution in [-0.2, 0) is 21.7 Å². The topological polar surface area (TPSA) is 49.2 Å². The van der Waals surface area contributed by atoms with Gasteiger partial charge >= 0.3 is 0 Å². The summed E-state index contributed by atoms with van der Waals surface area (Å²) < 4.78 is 16.1. The minimum atomic E-state index is -0.100. The molecule has 250 valence electrons. The van der Waals surface area contributed by atoms with Crippen LogP contribution in [0.15, 0.2) is 72.8 Å². The van der Waals surface area contributed by atoms with Gasteiger partial charge in [0.1, 0.15) is 11.5 Å². The molecular formula is C44H44BN3O2. The van der Waals surface area contributed by atoms with Crippen molar-refractivity contribution in [2.75, 3.05) is 0 Å². The first-order valence-electron chi connectivity index (χ1n) is 18.4. The van der Waals surface area contributed by atoms with E-state index in [4.69, 9.17) is 19.4 Å². The highest BCUT2D eigenvalue weighted by molar-refractivity contribution is 6.98. The maximum atomic E-state index is 6.97. The Morgan fingerprint density at radius 3 is 1.34 bits per heavy atom. The Morgan fingerprint density at radius 1 is 0.540 bits per heavy atom. The Bertz CT molecular complexity index is 2300. The van der Waals surface area contributed by atoms with E-state index in [-0.39, 0.29) is 28.4 Å². The van der Waals surface area contributed by atoms with Crippen molar-refractivity contribution in [2.45, 2.75) is 103 Å². The predicted octanol–water partition coefficient (Wildman–Crippen LogP) is 9.00. The monoisotopic (exact) mass is 657 g/mol. The zero-order valence-corrected chi connectivity index (χ0v) is 30.5. The van der Waals surface area contributed by atoms with Crippen LogP contribution in [0.1, 0.15) is 103 Å². The second-order valence-corrected chi connectivity index (χ2v) is 18.0. The lowest BCUT2D eigenvalue weighted by Gasteiger charge is -2.44. The van der Waals surface area contributed by atoms with E-state index in [2.05, 4.69) is 133 Å². The maximum absolute atomic E-state index is 6.97. The summed E-state index contributed by atoms with van der Waals surface area (Å²) in [6.07, 6.45) is 4.59. The van der Waals surface area contributed by atoms with Gasteiger partial charge < -0.3 is 9.47 Å². The second-order valence-electron chi connectivity index (χ2n) is 18.0. The largest absolute Gasteiger partial charge is 0.440 e. The van der Waals surface area contributed by atoms with Crippen LogP contribution in [0.5, 0.6) is 23.3 Å². The van der Waals surface area contributed by atoms with Crippen molar-refractivity contribution in [1.82, 2.24) is 14.5 Å². The van der Waals surface area contributed by atoms with Gasteiger partial charge in [0, 0.05) is 10.8 Å². The van der Waals surface area contributed by atoms with Crippen molar-refractivity contribution in [3.05, 3.63) is 95.1 Å². The molecule has 0 fully saturated rings.